The number of amides is 1. The lowest BCUT2D eigenvalue weighted by Gasteiger charge is -2.24. The summed E-state index contributed by atoms with van der Waals surface area (Å²) in [6, 6.07) is 7.39. The van der Waals surface area contributed by atoms with Crippen molar-refractivity contribution in [1.82, 2.24) is 4.90 Å². The quantitative estimate of drug-likeness (QED) is 0.825. The minimum atomic E-state index is -0.0519. The lowest BCUT2D eigenvalue weighted by molar-refractivity contribution is 0.0739. The normalized spacial score (nSPS) is 10.3. The largest absolute Gasteiger partial charge is 0.337 e. The van der Waals surface area contributed by atoms with Gasteiger partial charge in [0.15, 0.2) is 0 Å². The maximum Gasteiger partial charge on any atom is 0.254 e. The topological polar surface area (TPSA) is 44.1 Å². The van der Waals surface area contributed by atoms with Crippen molar-refractivity contribution in [2.45, 2.75) is 27.2 Å². The third-order valence-corrected chi connectivity index (χ3v) is 3.03. The Kier molecular flexibility index (Phi) is 5.85. The second-order valence-electron chi connectivity index (χ2n) is 5.01. The lowest BCUT2D eigenvalue weighted by atomic mass is 10.1. The average Bonchev–Trinajstić information content (AvgIpc) is 2.36. The van der Waals surface area contributed by atoms with Crippen LogP contribution in [0.25, 0.3) is 0 Å². The first kappa shape index (κ1) is 15.5. The minimum absolute atomic E-state index is 0.0519. The van der Waals surface area contributed by atoms with Gasteiger partial charge < -0.3 is 4.90 Å². The molecule has 0 aromatic heterocycles. The predicted octanol–water partition coefficient (Wildman–Crippen LogP) is 3.66. The van der Waals surface area contributed by atoms with Gasteiger partial charge in [-0.15, -0.1) is 0 Å². The molecule has 0 saturated carbocycles. The molecule has 0 aliphatic heterocycles. The van der Waals surface area contributed by atoms with E-state index < -0.39 is 0 Å². The molecule has 3 nitrogen and oxygen atoms in total. The zero-order chi connectivity index (χ0) is 14.4. The smallest absolute Gasteiger partial charge is 0.254 e. The summed E-state index contributed by atoms with van der Waals surface area (Å²) >= 11 is 5.95. The summed E-state index contributed by atoms with van der Waals surface area (Å²) in [5.74, 6) is 0.311. The Labute approximate surface area is 119 Å². The van der Waals surface area contributed by atoms with Crippen LogP contribution < -0.4 is 0 Å². The molecule has 0 spiro atoms. The molecule has 0 heterocycles. The molecule has 1 aromatic carbocycles. The Hall–Kier alpha value is -1.53. The number of rotatable bonds is 5. The fourth-order valence-electron chi connectivity index (χ4n) is 1.90. The molecule has 0 fully saturated rings. The number of hydrogen-bond acceptors (Lipinski definition) is 2. The van der Waals surface area contributed by atoms with Crippen LogP contribution in [0.5, 0.6) is 0 Å². The van der Waals surface area contributed by atoms with E-state index >= 15 is 0 Å². The summed E-state index contributed by atoms with van der Waals surface area (Å²) < 4.78 is 0. The van der Waals surface area contributed by atoms with Gasteiger partial charge in [-0.1, -0.05) is 31.5 Å². The fraction of sp³-hybridized carbons (Fsp3) is 0.467. The van der Waals surface area contributed by atoms with Gasteiger partial charge in [0, 0.05) is 23.7 Å². The highest BCUT2D eigenvalue weighted by atomic mass is 35.5. The Morgan fingerprint density at radius 3 is 2.74 bits per heavy atom. The second-order valence-corrected chi connectivity index (χ2v) is 5.45. The molecular weight excluding hydrogens is 260 g/mol. The van der Waals surface area contributed by atoms with E-state index in [1.54, 1.807) is 17.0 Å². The number of carbonyl (C=O) groups excluding carboxylic acids is 1. The summed E-state index contributed by atoms with van der Waals surface area (Å²) in [4.78, 5) is 14.2. The second kappa shape index (κ2) is 7.16. The third kappa shape index (κ3) is 4.57. The Morgan fingerprint density at radius 1 is 1.47 bits per heavy atom. The lowest BCUT2D eigenvalue weighted by Crippen LogP contribution is -2.35. The molecule has 4 heteroatoms. The molecule has 0 aliphatic carbocycles. The van der Waals surface area contributed by atoms with E-state index in [4.69, 9.17) is 16.9 Å². The number of aryl methyl sites for hydroxylation is 1. The van der Waals surface area contributed by atoms with Crippen LogP contribution in [0.15, 0.2) is 18.2 Å². The van der Waals surface area contributed by atoms with Crippen LogP contribution in [0.1, 0.15) is 36.2 Å². The van der Waals surface area contributed by atoms with Crippen LogP contribution in [0.4, 0.5) is 0 Å². The maximum absolute atomic E-state index is 12.5. The Bertz CT molecular complexity index is 491. The van der Waals surface area contributed by atoms with E-state index in [1.165, 1.54) is 0 Å². The predicted molar refractivity (Wildman–Crippen MR) is 77.2 cm³/mol. The van der Waals surface area contributed by atoms with E-state index in [-0.39, 0.29) is 5.91 Å². The van der Waals surface area contributed by atoms with Gasteiger partial charge in [-0.3, -0.25) is 4.79 Å². The summed E-state index contributed by atoms with van der Waals surface area (Å²) in [5, 5.41) is 9.25. The van der Waals surface area contributed by atoms with Gasteiger partial charge in [0.05, 0.1) is 12.5 Å². The van der Waals surface area contributed by atoms with E-state index in [1.807, 2.05) is 13.0 Å². The minimum Gasteiger partial charge on any atom is -0.337 e. The van der Waals surface area contributed by atoms with Crippen molar-refractivity contribution in [3.63, 3.8) is 0 Å². The van der Waals surface area contributed by atoms with Gasteiger partial charge in [0.25, 0.3) is 5.91 Å². The van der Waals surface area contributed by atoms with Gasteiger partial charge in [0.1, 0.15) is 0 Å². The van der Waals surface area contributed by atoms with Crippen molar-refractivity contribution >= 4 is 17.5 Å². The summed E-state index contributed by atoms with van der Waals surface area (Å²) in [5.41, 5.74) is 1.52. The third-order valence-electron chi connectivity index (χ3n) is 2.80. The van der Waals surface area contributed by atoms with Gasteiger partial charge in [-0.2, -0.15) is 5.26 Å². The zero-order valence-corrected chi connectivity index (χ0v) is 12.4. The summed E-state index contributed by atoms with van der Waals surface area (Å²) in [6.07, 6.45) is 0.345. The number of nitriles is 1. The van der Waals surface area contributed by atoms with Crippen molar-refractivity contribution in [3.05, 3.63) is 34.3 Å². The van der Waals surface area contributed by atoms with E-state index in [2.05, 4.69) is 19.9 Å². The highest BCUT2D eigenvalue weighted by Crippen LogP contribution is 2.18. The molecule has 1 rings (SSSR count). The van der Waals surface area contributed by atoms with Crippen molar-refractivity contribution in [2.24, 2.45) is 5.92 Å². The first-order valence-corrected chi connectivity index (χ1v) is 6.76. The van der Waals surface area contributed by atoms with Crippen LogP contribution in [-0.4, -0.2) is 23.9 Å². The number of hydrogen-bond donors (Lipinski definition) is 0. The van der Waals surface area contributed by atoms with Gasteiger partial charge in [0.2, 0.25) is 0 Å². The summed E-state index contributed by atoms with van der Waals surface area (Å²) in [6.45, 7) is 7.10. The van der Waals surface area contributed by atoms with Crippen molar-refractivity contribution in [2.75, 3.05) is 13.1 Å². The first-order chi connectivity index (χ1) is 8.95. The van der Waals surface area contributed by atoms with E-state index in [0.717, 1.165) is 5.56 Å². The molecule has 102 valence electrons. The van der Waals surface area contributed by atoms with E-state index in [0.29, 0.717) is 36.0 Å². The standard InChI is InChI=1S/C15H19ClN2O/c1-11(2)10-18(8-4-7-17)15(19)14-9-13(16)6-5-12(14)3/h5-6,9,11H,4,8,10H2,1-3H3. The highest BCUT2D eigenvalue weighted by Gasteiger charge is 2.18. The Morgan fingerprint density at radius 2 is 2.16 bits per heavy atom. The molecule has 0 unspecified atom stereocenters. The number of benzene rings is 1. The molecule has 0 bridgehead atoms. The van der Waals surface area contributed by atoms with Crippen molar-refractivity contribution in [3.8, 4) is 6.07 Å². The molecule has 0 saturated heterocycles. The van der Waals surface area contributed by atoms with Gasteiger partial charge in [-0.25, -0.2) is 0 Å². The van der Waals surface area contributed by atoms with Crippen LogP contribution in [0.3, 0.4) is 0 Å². The van der Waals surface area contributed by atoms with Gasteiger partial charge in [-0.05, 0) is 30.5 Å². The van der Waals surface area contributed by atoms with Crippen molar-refractivity contribution < 1.29 is 4.79 Å². The van der Waals surface area contributed by atoms with Gasteiger partial charge >= 0.3 is 0 Å². The zero-order valence-electron chi connectivity index (χ0n) is 11.6. The van der Waals surface area contributed by atoms with Crippen LogP contribution in [-0.2, 0) is 0 Å². The molecule has 1 aromatic rings. The number of nitrogens with zero attached hydrogens (tertiary/aromatic N) is 2. The molecule has 1 amide bonds. The van der Waals surface area contributed by atoms with E-state index in [9.17, 15) is 4.79 Å². The first-order valence-electron chi connectivity index (χ1n) is 6.38. The van der Waals surface area contributed by atoms with Crippen LogP contribution in [0.2, 0.25) is 5.02 Å². The Balaban J connectivity index is 2.97. The number of carbonyl (C=O) groups is 1. The number of halogens is 1. The monoisotopic (exact) mass is 278 g/mol. The molecule has 0 radical (unpaired) electrons. The maximum atomic E-state index is 12.5. The van der Waals surface area contributed by atoms with Crippen LogP contribution in [0, 0.1) is 24.2 Å². The van der Waals surface area contributed by atoms with Crippen molar-refractivity contribution in [1.29, 1.82) is 5.26 Å². The molecule has 0 atom stereocenters. The molecule has 19 heavy (non-hydrogen) atoms. The SMILES string of the molecule is Cc1ccc(Cl)cc1C(=O)N(CCC#N)CC(C)C. The molecular formula is C15H19ClN2O. The molecule has 0 N–H and O–H groups in total. The highest BCUT2D eigenvalue weighted by molar-refractivity contribution is 6.31. The van der Waals surface area contributed by atoms with Crippen LogP contribution >= 0.6 is 11.6 Å². The average molecular weight is 279 g/mol. The molecule has 0 aliphatic rings. The summed E-state index contributed by atoms with van der Waals surface area (Å²) in [7, 11) is 0. The fourth-order valence-corrected chi connectivity index (χ4v) is 2.07.